The number of likely N-dealkylation sites (N-methyl/N-ethyl adjacent to an activating group) is 1. The Morgan fingerprint density at radius 1 is 1.45 bits per heavy atom. The Labute approximate surface area is 121 Å². The Morgan fingerprint density at radius 2 is 2.20 bits per heavy atom. The van der Waals surface area contributed by atoms with Crippen LogP contribution in [0.15, 0.2) is 24.3 Å². The lowest BCUT2D eigenvalue weighted by Gasteiger charge is -2.35. The number of benzene rings is 1. The molecule has 0 radical (unpaired) electrons. The monoisotopic (exact) mass is 279 g/mol. The first-order valence-electron chi connectivity index (χ1n) is 7.23. The highest BCUT2D eigenvalue weighted by Crippen LogP contribution is 2.23. The zero-order valence-electron chi connectivity index (χ0n) is 12.3. The van der Waals surface area contributed by atoms with Crippen molar-refractivity contribution in [2.45, 2.75) is 25.5 Å². The summed E-state index contributed by atoms with van der Waals surface area (Å²) >= 11 is 0. The number of rotatable bonds is 6. The molecule has 0 bridgehead atoms. The van der Waals surface area contributed by atoms with E-state index < -0.39 is 0 Å². The highest BCUT2D eigenvalue weighted by Gasteiger charge is 2.27. The van der Waals surface area contributed by atoms with E-state index in [-0.39, 0.29) is 12.1 Å². The number of hydrogen-bond donors (Lipinski definition) is 2. The van der Waals surface area contributed by atoms with Gasteiger partial charge < -0.3 is 14.4 Å². The predicted molar refractivity (Wildman–Crippen MR) is 79.5 cm³/mol. The minimum atomic E-state index is -0.00187. The maximum absolute atomic E-state index is 5.84. The van der Waals surface area contributed by atoms with E-state index >= 15 is 0 Å². The van der Waals surface area contributed by atoms with Crippen LogP contribution >= 0.6 is 0 Å². The standard InChI is InChI=1S/C15H25N3O2/c1-3-9-19-13-6-4-12(5-7-13)15(17-16)14-11-18(2)8-10-20-14/h4-7,14-15,17H,3,8-11,16H2,1-2H3. The van der Waals surface area contributed by atoms with Crippen LogP contribution in [0, 0.1) is 0 Å². The molecule has 1 aromatic carbocycles. The van der Waals surface area contributed by atoms with Crippen LogP contribution in [0.3, 0.4) is 0 Å². The van der Waals surface area contributed by atoms with E-state index in [1.54, 1.807) is 0 Å². The molecule has 112 valence electrons. The first-order valence-corrected chi connectivity index (χ1v) is 7.23. The number of morpholine rings is 1. The largest absolute Gasteiger partial charge is 0.494 e. The molecule has 3 N–H and O–H groups in total. The summed E-state index contributed by atoms with van der Waals surface area (Å²) in [6.07, 6.45) is 1.08. The van der Waals surface area contributed by atoms with Crippen molar-refractivity contribution in [1.82, 2.24) is 10.3 Å². The summed E-state index contributed by atoms with van der Waals surface area (Å²) in [6.45, 7) is 5.44. The van der Waals surface area contributed by atoms with Crippen LogP contribution in [0.2, 0.25) is 0 Å². The number of hydrazine groups is 1. The van der Waals surface area contributed by atoms with Crippen molar-refractivity contribution >= 4 is 0 Å². The Balaban J connectivity index is 2.03. The second kappa shape index (κ2) is 7.59. The smallest absolute Gasteiger partial charge is 0.119 e. The summed E-state index contributed by atoms with van der Waals surface area (Å²) in [6, 6.07) is 8.07. The molecule has 0 spiro atoms. The molecule has 0 aliphatic carbocycles. The molecule has 1 aliphatic rings. The fraction of sp³-hybridized carbons (Fsp3) is 0.600. The second-order valence-corrected chi connectivity index (χ2v) is 5.23. The van der Waals surface area contributed by atoms with Gasteiger partial charge in [-0.05, 0) is 31.2 Å². The third-order valence-electron chi connectivity index (χ3n) is 3.56. The highest BCUT2D eigenvalue weighted by molar-refractivity contribution is 5.29. The first kappa shape index (κ1) is 15.3. The van der Waals surface area contributed by atoms with Crippen LogP contribution in [0.25, 0.3) is 0 Å². The van der Waals surface area contributed by atoms with Gasteiger partial charge in [-0.15, -0.1) is 0 Å². The topological polar surface area (TPSA) is 59.8 Å². The molecular formula is C15H25N3O2. The van der Waals surface area contributed by atoms with E-state index in [0.29, 0.717) is 0 Å². The van der Waals surface area contributed by atoms with Gasteiger partial charge >= 0.3 is 0 Å². The molecule has 1 aliphatic heterocycles. The third-order valence-corrected chi connectivity index (χ3v) is 3.56. The fourth-order valence-corrected chi connectivity index (χ4v) is 2.42. The molecule has 1 aromatic rings. The number of hydrogen-bond acceptors (Lipinski definition) is 5. The molecule has 2 unspecified atom stereocenters. The van der Waals surface area contributed by atoms with Crippen molar-refractivity contribution in [2.75, 3.05) is 33.4 Å². The molecule has 0 aromatic heterocycles. The zero-order chi connectivity index (χ0) is 14.4. The van der Waals surface area contributed by atoms with Crippen LogP contribution < -0.4 is 16.0 Å². The summed E-state index contributed by atoms with van der Waals surface area (Å²) in [7, 11) is 2.10. The number of nitrogens with one attached hydrogen (secondary N) is 1. The second-order valence-electron chi connectivity index (χ2n) is 5.23. The predicted octanol–water partition coefficient (Wildman–Crippen LogP) is 1.31. The number of ether oxygens (including phenoxy) is 2. The quantitative estimate of drug-likeness (QED) is 0.607. The maximum Gasteiger partial charge on any atom is 0.119 e. The van der Waals surface area contributed by atoms with Gasteiger partial charge in [0.25, 0.3) is 0 Å². The Bertz CT molecular complexity index is 397. The fourth-order valence-electron chi connectivity index (χ4n) is 2.42. The van der Waals surface area contributed by atoms with Gasteiger partial charge in [0.15, 0.2) is 0 Å². The van der Waals surface area contributed by atoms with Gasteiger partial charge in [0, 0.05) is 13.1 Å². The maximum atomic E-state index is 5.84. The van der Waals surface area contributed by atoms with E-state index in [4.69, 9.17) is 15.3 Å². The molecule has 2 atom stereocenters. The Kier molecular flexibility index (Phi) is 5.79. The zero-order valence-corrected chi connectivity index (χ0v) is 12.3. The lowest BCUT2D eigenvalue weighted by molar-refractivity contribution is -0.0393. The number of nitrogens with two attached hydrogens (primary N) is 1. The lowest BCUT2D eigenvalue weighted by atomic mass is 10.0. The highest BCUT2D eigenvalue weighted by atomic mass is 16.5. The molecule has 1 saturated heterocycles. The SMILES string of the molecule is CCCOc1ccc(C(NN)C2CN(C)CCO2)cc1. The van der Waals surface area contributed by atoms with E-state index in [9.17, 15) is 0 Å². The minimum absolute atomic E-state index is 0.00187. The third kappa shape index (κ3) is 3.93. The Hall–Kier alpha value is -1.14. The van der Waals surface area contributed by atoms with Crippen LogP contribution in [0.5, 0.6) is 5.75 Å². The first-order chi connectivity index (χ1) is 9.74. The van der Waals surface area contributed by atoms with Gasteiger partial charge in [-0.3, -0.25) is 11.3 Å². The molecule has 1 fully saturated rings. The van der Waals surface area contributed by atoms with E-state index in [0.717, 1.165) is 44.0 Å². The summed E-state index contributed by atoms with van der Waals surface area (Å²) in [5, 5.41) is 0. The van der Waals surface area contributed by atoms with Gasteiger partial charge in [0.2, 0.25) is 0 Å². The van der Waals surface area contributed by atoms with E-state index in [1.807, 2.05) is 24.3 Å². The van der Waals surface area contributed by atoms with Gasteiger partial charge in [0.1, 0.15) is 5.75 Å². The summed E-state index contributed by atoms with van der Waals surface area (Å²) in [5.41, 5.74) is 4.00. The normalized spacial score (nSPS) is 21.6. The van der Waals surface area contributed by atoms with Crippen LogP contribution in [-0.4, -0.2) is 44.4 Å². The Morgan fingerprint density at radius 3 is 2.80 bits per heavy atom. The van der Waals surface area contributed by atoms with Crippen LogP contribution in [0.1, 0.15) is 24.9 Å². The molecule has 0 amide bonds. The molecule has 5 nitrogen and oxygen atoms in total. The number of nitrogens with zero attached hydrogens (tertiary/aromatic N) is 1. The van der Waals surface area contributed by atoms with Crippen molar-refractivity contribution in [3.63, 3.8) is 0 Å². The molecule has 5 heteroatoms. The van der Waals surface area contributed by atoms with Crippen LogP contribution in [-0.2, 0) is 4.74 Å². The molecule has 2 rings (SSSR count). The summed E-state index contributed by atoms with van der Waals surface area (Å²) in [5.74, 6) is 6.62. The van der Waals surface area contributed by atoms with Gasteiger partial charge in [-0.25, -0.2) is 0 Å². The van der Waals surface area contributed by atoms with E-state index in [2.05, 4.69) is 24.3 Å². The lowest BCUT2D eigenvalue weighted by Crippen LogP contribution is -2.48. The van der Waals surface area contributed by atoms with Gasteiger partial charge in [0.05, 0.1) is 25.4 Å². The average Bonchev–Trinajstić information content (AvgIpc) is 2.47. The summed E-state index contributed by atoms with van der Waals surface area (Å²) < 4.78 is 11.4. The molecular weight excluding hydrogens is 254 g/mol. The van der Waals surface area contributed by atoms with E-state index in [1.165, 1.54) is 0 Å². The molecule has 1 heterocycles. The molecule has 0 saturated carbocycles. The summed E-state index contributed by atoms with van der Waals surface area (Å²) in [4.78, 5) is 2.26. The van der Waals surface area contributed by atoms with Crippen molar-refractivity contribution < 1.29 is 9.47 Å². The van der Waals surface area contributed by atoms with Gasteiger partial charge in [-0.1, -0.05) is 19.1 Å². The van der Waals surface area contributed by atoms with Crippen molar-refractivity contribution in [2.24, 2.45) is 5.84 Å². The van der Waals surface area contributed by atoms with Crippen molar-refractivity contribution in [3.8, 4) is 5.75 Å². The van der Waals surface area contributed by atoms with Gasteiger partial charge in [-0.2, -0.15) is 0 Å². The average molecular weight is 279 g/mol. The minimum Gasteiger partial charge on any atom is -0.494 e. The van der Waals surface area contributed by atoms with Crippen LogP contribution in [0.4, 0.5) is 0 Å². The van der Waals surface area contributed by atoms with Crippen molar-refractivity contribution in [1.29, 1.82) is 0 Å². The van der Waals surface area contributed by atoms with Crippen molar-refractivity contribution in [3.05, 3.63) is 29.8 Å². The molecule has 20 heavy (non-hydrogen) atoms.